The second kappa shape index (κ2) is 5.41. The molecule has 1 aliphatic carbocycles. The van der Waals surface area contributed by atoms with Crippen molar-refractivity contribution in [2.45, 2.75) is 31.2 Å². The second-order valence-corrected chi connectivity index (χ2v) is 6.56. The summed E-state index contributed by atoms with van der Waals surface area (Å²) in [4.78, 5) is 26.2. The zero-order valence-corrected chi connectivity index (χ0v) is 12.8. The Morgan fingerprint density at radius 1 is 1.22 bits per heavy atom. The molecular formula is C18H19N2O3-. The maximum atomic E-state index is 12.8. The lowest BCUT2D eigenvalue weighted by atomic mass is 9.78. The van der Waals surface area contributed by atoms with Crippen LogP contribution in [0.5, 0.6) is 0 Å². The van der Waals surface area contributed by atoms with Gasteiger partial charge in [-0.15, -0.1) is 0 Å². The van der Waals surface area contributed by atoms with Gasteiger partial charge in [-0.1, -0.05) is 24.3 Å². The Hall–Kier alpha value is -2.30. The molecule has 4 rings (SSSR count). The molecule has 23 heavy (non-hydrogen) atoms. The minimum Gasteiger partial charge on any atom is -0.548 e. The number of benzene rings is 1. The lowest BCUT2D eigenvalue weighted by Crippen LogP contribution is -2.49. The average Bonchev–Trinajstić information content (AvgIpc) is 3.23. The molecule has 0 spiro atoms. The Kier molecular flexibility index (Phi) is 3.36. The van der Waals surface area contributed by atoms with Gasteiger partial charge < -0.3 is 20.1 Å². The standard InChI is InChI=1S/C18H20N2O3/c21-17(20-9-1-2-10-20)14-8-4-6-12-11-5-3-7-13(11)16(18(22)23)19-15(12)14/h3-6,8,11,13,16,19H,1-2,7,9-10H2,(H,22,23)/p-1/t11-,13-,16+/m1/s1. The number of fused-ring (bicyclic) bond motifs is 3. The predicted octanol–water partition coefficient (Wildman–Crippen LogP) is 1.13. The third-order valence-corrected chi connectivity index (χ3v) is 5.27. The first kappa shape index (κ1) is 14.3. The van der Waals surface area contributed by atoms with Crippen LogP contribution in [0, 0.1) is 5.92 Å². The second-order valence-electron chi connectivity index (χ2n) is 6.56. The van der Waals surface area contributed by atoms with Gasteiger partial charge in [0.25, 0.3) is 5.91 Å². The van der Waals surface area contributed by atoms with Crippen LogP contribution < -0.4 is 10.4 Å². The molecular weight excluding hydrogens is 292 g/mol. The molecule has 5 nitrogen and oxygen atoms in total. The number of nitrogens with zero attached hydrogens (tertiary/aromatic N) is 1. The summed E-state index contributed by atoms with van der Waals surface area (Å²) in [5, 5.41) is 14.6. The van der Waals surface area contributed by atoms with Gasteiger partial charge in [0.05, 0.1) is 23.3 Å². The molecule has 3 atom stereocenters. The van der Waals surface area contributed by atoms with Gasteiger partial charge in [0, 0.05) is 19.0 Å². The van der Waals surface area contributed by atoms with E-state index in [1.165, 1.54) is 0 Å². The average molecular weight is 311 g/mol. The van der Waals surface area contributed by atoms with E-state index in [4.69, 9.17) is 0 Å². The number of carboxylic acids is 1. The number of para-hydroxylation sites is 1. The SMILES string of the molecule is O=C([O-])[C@H]1Nc2c(C(=O)N3CCCC3)cccc2[C@H]2C=CC[C@@H]12. The Morgan fingerprint density at radius 3 is 2.74 bits per heavy atom. The summed E-state index contributed by atoms with van der Waals surface area (Å²) in [6.45, 7) is 1.55. The van der Waals surface area contributed by atoms with Crippen molar-refractivity contribution in [3.05, 3.63) is 41.5 Å². The van der Waals surface area contributed by atoms with Crippen LogP contribution in [-0.4, -0.2) is 35.9 Å². The molecule has 1 amide bonds. The molecule has 0 radical (unpaired) electrons. The first-order valence-electron chi connectivity index (χ1n) is 8.23. The van der Waals surface area contributed by atoms with Crippen molar-refractivity contribution in [3.63, 3.8) is 0 Å². The fourth-order valence-electron chi connectivity index (χ4n) is 4.12. The van der Waals surface area contributed by atoms with Gasteiger partial charge in [-0.2, -0.15) is 0 Å². The van der Waals surface area contributed by atoms with E-state index in [0.29, 0.717) is 11.3 Å². The van der Waals surface area contributed by atoms with E-state index in [0.717, 1.165) is 37.9 Å². The van der Waals surface area contributed by atoms with Gasteiger partial charge in [0.15, 0.2) is 0 Å². The number of carboxylic acid groups (broad SMARTS) is 1. The number of anilines is 1. The number of aliphatic carboxylic acids is 1. The van der Waals surface area contributed by atoms with Crippen LogP contribution in [0.4, 0.5) is 5.69 Å². The summed E-state index contributed by atoms with van der Waals surface area (Å²) in [7, 11) is 0. The minimum atomic E-state index is -1.10. The Labute approximate surface area is 135 Å². The molecule has 1 N–H and O–H groups in total. The van der Waals surface area contributed by atoms with E-state index in [2.05, 4.69) is 11.4 Å². The van der Waals surface area contributed by atoms with Crippen LogP contribution in [0.2, 0.25) is 0 Å². The summed E-state index contributed by atoms with van der Waals surface area (Å²) in [6.07, 6.45) is 6.87. The van der Waals surface area contributed by atoms with Crippen molar-refractivity contribution in [2.75, 3.05) is 18.4 Å². The summed E-state index contributed by atoms with van der Waals surface area (Å²) in [6, 6.07) is 4.92. The number of hydrogen-bond donors (Lipinski definition) is 1. The Bertz CT molecular complexity index is 692. The number of rotatable bonds is 2. The maximum absolute atomic E-state index is 12.8. The van der Waals surface area contributed by atoms with Gasteiger partial charge in [0.2, 0.25) is 0 Å². The van der Waals surface area contributed by atoms with Crippen LogP contribution in [0.15, 0.2) is 30.4 Å². The molecule has 1 fully saturated rings. The number of nitrogens with one attached hydrogen (secondary N) is 1. The molecule has 3 aliphatic rings. The monoisotopic (exact) mass is 311 g/mol. The third-order valence-electron chi connectivity index (χ3n) is 5.27. The zero-order chi connectivity index (χ0) is 16.0. The van der Waals surface area contributed by atoms with Crippen molar-refractivity contribution in [1.82, 2.24) is 4.90 Å². The van der Waals surface area contributed by atoms with E-state index < -0.39 is 12.0 Å². The smallest absolute Gasteiger partial charge is 0.255 e. The highest BCUT2D eigenvalue weighted by Crippen LogP contribution is 2.45. The van der Waals surface area contributed by atoms with Crippen molar-refractivity contribution in [3.8, 4) is 0 Å². The van der Waals surface area contributed by atoms with Gasteiger partial charge in [-0.25, -0.2) is 0 Å². The quantitative estimate of drug-likeness (QED) is 0.831. The molecule has 2 aliphatic heterocycles. The molecule has 0 bridgehead atoms. The van der Waals surface area contributed by atoms with Gasteiger partial charge in [0.1, 0.15) is 0 Å². The number of allylic oxidation sites excluding steroid dienone is 2. The van der Waals surface area contributed by atoms with Crippen LogP contribution in [0.3, 0.4) is 0 Å². The molecule has 1 saturated heterocycles. The largest absolute Gasteiger partial charge is 0.548 e. The number of carbonyl (C=O) groups excluding carboxylic acids is 2. The van der Waals surface area contributed by atoms with Gasteiger partial charge in [-0.05, 0) is 36.8 Å². The molecule has 1 aromatic carbocycles. The maximum Gasteiger partial charge on any atom is 0.255 e. The van der Waals surface area contributed by atoms with Crippen molar-refractivity contribution in [2.24, 2.45) is 5.92 Å². The molecule has 5 heteroatoms. The minimum absolute atomic E-state index is 0.00984. The molecule has 0 aromatic heterocycles. The molecule has 120 valence electrons. The molecule has 2 heterocycles. The number of carbonyl (C=O) groups is 2. The normalized spacial score (nSPS) is 28.2. The highest BCUT2D eigenvalue weighted by Gasteiger charge is 2.39. The highest BCUT2D eigenvalue weighted by molar-refractivity contribution is 6.01. The van der Waals surface area contributed by atoms with E-state index in [9.17, 15) is 14.7 Å². The topological polar surface area (TPSA) is 72.5 Å². The number of amides is 1. The lowest BCUT2D eigenvalue weighted by Gasteiger charge is -2.38. The van der Waals surface area contributed by atoms with E-state index >= 15 is 0 Å². The van der Waals surface area contributed by atoms with Crippen LogP contribution in [0.25, 0.3) is 0 Å². The lowest BCUT2D eigenvalue weighted by molar-refractivity contribution is -0.308. The van der Waals surface area contributed by atoms with E-state index in [-0.39, 0.29) is 17.7 Å². The number of hydrogen-bond acceptors (Lipinski definition) is 4. The van der Waals surface area contributed by atoms with E-state index in [1.807, 2.05) is 23.1 Å². The first-order valence-corrected chi connectivity index (χ1v) is 8.23. The van der Waals surface area contributed by atoms with Crippen molar-refractivity contribution in [1.29, 1.82) is 0 Å². The number of likely N-dealkylation sites (tertiary alicyclic amines) is 1. The summed E-state index contributed by atoms with van der Waals surface area (Å²) < 4.78 is 0. The van der Waals surface area contributed by atoms with Crippen molar-refractivity contribution >= 4 is 17.6 Å². The molecule has 0 saturated carbocycles. The highest BCUT2D eigenvalue weighted by atomic mass is 16.4. The fourth-order valence-corrected chi connectivity index (χ4v) is 4.12. The van der Waals surface area contributed by atoms with E-state index in [1.54, 1.807) is 6.07 Å². The van der Waals surface area contributed by atoms with Crippen LogP contribution in [0.1, 0.15) is 41.1 Å². The van der Waals surface area contributed by atoms with Gasteiger partial charge in [-0.3, -0.25) is 4.79 Å². The molecule has 0 unspecified atom stereocenters. The Balaban J connectivity index is 1.77. The zero-order valence-electron chi connectivity index (χ0n) is 12.8. The summed E-state index contributed by atoms with van der Waals surface area (Å²) in [5.74, 6) is -1.10. The predicted molar refractivity (Wildman–Crippen MR) is 84.0 cm³/mol. The molecule has 1 aromatic rings. The van der Waals surface area contributed by atoms with Crippen LogP contribution in [-0.2, 0) is 4.79 Å². The van der Waals surface area contributed by atoms with Crippen LogP contribution >= 0.6 is 0 Å². The van der Waals surface area contributed by atoms with Gasteiger partial charge >= 0.3 is 0 Å². The Morgan fingerprint density at radius 2 is 2.00 bits per heavy atom. The summed E-state index contributed by atoms with van der Waals surface area (Å²) in [5.41, 5.74) is 2.27. The summed E-state index contributed by atoms with van der Waals surface area (Å²) >= 11 is 0. The first-order chi connectivity index (χ1) is 11.2. The fraction of sp³-hybridized carbons (Fsp3) is 0.444. The third kappa shape index (κ3) is 2.22. The van der Waals surface area contributed by atoms with Crippen molar-refractivity contribution < 1.29 is 14.7 Å².